The Balaban J connectivity index is 2.27. The van der Waals surface area contributed by atoms with Gasteiger partial charge in [0.2, 0.25) is 0 Å². The SMILES string of the molecule is NNC(=O)C=CC1CCCC1. The molecular formula is C8H14N2O. The Morgan fingerprint density at radius 1 is 1.45 bits per heavy atom. The minimum atomic E-state index is -0.211. The van der Waals surface area contributed by atoms with Crippen molar-refractivity contribution in [2.24, 2.45) is 11.8 Å². The molecule has 0 aromatic rings. The summed E-state index contributed by atoms with van der Waals surface area (Å²) in [6.07, 6.45) is 8.49. The first-order chi connectivity index (χ1) is 5.33. The number of hydrogen-bond donors (Lipinski definition) is 2. The summed E-state index contributed by atoms with van der Waals surface area (Å²) in [5, 5.41) is 0. The van der Waals surface area contributed by atoms with Crippen LogP contribution in [0.4, 0.5) is 0 Å². The van der Waals surface area contributed by atoms with Gasteiger partial charge in [0.25, 0.3) is 5.91 Å². The second kappa shape index (κ2) is 4.13. The van der Waals surface area contributed by atoms with Gasteiger partial charge in [-0.25, -0.2) is 5.84 Å². The molecule has 0 bridgehead atoms. The Hall–Kier alpha value is -0.830. The molecule has 0 heterocycles. The molecule has 11 heavy (non-hydrogen) atoms. The van der Waals surface area contributed by atoms with Crippen LogP contribution in [0.3, 0.4) is 0 Å². The number of nitrogens with two attached hydrogens (primary N) is 1. The third-order valence-electron chi connectivity index (χ3n) is 2.06. The molecule has 62 valence electrons. The first-order valence-corrected chi connectivity index (χ1v) is 4.01. The molecule has 0 aliphatic heterocycles. The zero-order valence-electron chi connectivity index (χ0n) is 6.55. The third-order valence-corrected chi connectivity index (χ3v) is 2.06. The fourth-order valence-corrected chi connectivity index (χ4v) is 1.42. The second-order valence-electron chi connectivity index (χ2n) is 2.91. The number of rotatable bonds is 2. The molecule has 3 heteroatoms. The van der Waals surface area contributed by atoms with Gasteiger partial charge in [0.1, 0.15) is 0 Å². The highest BCUT2D eigenvalue weighted by atomic mass is 16.2. The molecule has 0 aromatic heterocycles. The molecule has 0 unspecified atom stereocenters. The van der Waals surface area contributed by atoms with Gasteiger partial charge in [-0.15, -0.1) is 0 Å². The standard InChI is InChI=1S/C8H14N2O/c9-10-8(11)6-5-7-3-1-2-4-7/h5-7H,1-4,9H2,(H,10,11). The van der Waals surface area contributed by atoms with E-state index in [1.165, 1.54) is 31.8 Å². The number of carbonyl (C=O) groups is 1. The first-order valence-electron chi connectivity index (χ1n) is 4.01. The van der Waals surface area contributed by atoms with Crippen molar-refractivity contribution in [2.45, 2.75) is 25.7 Å². The van der Waals surface area contributed by atoms with Crippen LogP contribution in [0.2, 0.25) is 0 Å². The van der Waals surface area contributed by atoms with E-state index in [4.69, 9.17) is 5.84 Å². The quantitative estimate of drug-likeness (QED) is 0.266. The predicted octanol–water partition coefficient (Wildman–Crippen LogP) is 0.723. The van der Waals surface area contributed by atoms with Crippen molar-refractivity contribution in [3.05, 3.63) is 12.2 Å². The molecule has 1 rings (SSSR count). The van der Waals surface area contributed by atoms with Crippen molar-refractivity contribution in [1.29, 1.82) is 0 Å². The molecule has 1 saturated carbocycles. The van der Waals surface area contributed by atoms with Crippen LogP contribution in [0, 0.1) is 5.92 Å². The van der Waals surface area contributed by atoms with E-state index in [1.54, 1.807) is 0 Å². The smallest absolute Gasteiger partial charge is 0.257 e. The Kier molecular flexibility index (Phi) is 3.11. The summed E-state index contributed by atoms with van der Waals surface area (Å²) in [5.74, 6) is 5.30. The normalized spacial score (nSPS) is 19.4. The molecule has 3 N–H and O–H groups in total. The van der Waals surface area contributed by atoms with Gasteiger partial charge < -0.3 is 0 Å². The molecule has 1 amide bonds. The number of carbonyl (C=O) groups excluding carboxylic acids is 1. The summed E-state index contributed by atoms with van der Waals surface area (Å²) in [7, 11) is 0. The van der Waals surface area contributed by atoms with Crippen molar-refractivity contribution < 1.29 is 4.79 Å². The minimum Gasteiger partial charge on any atom is -0.291 e. The molecule has 0 saturated heterocycles. The summed E-state index contributed by atoms with van der Waals surface area (Å²) in [4.78, 5) is 10.6. The van der Waals surface area contributed by atoms with Crippen LogP contribution in [0.5, 0.6) is 0 Å². The Labute approximate surface area is 66.6 Å². The molecule has 0 aromatic carbocycles. The van der Waals surface area contributed by atoms with Crippen molar-refractivity contribution in [3.8, 4) is 0 Å². The molecular weight excluding hydrogens is 140 g/mol. The van der Waals surface area contributed by atoms with E-state index in [9.17, 15) is 4.79 Å². The van der Waals surface area contributed by atoms with Crippen LogP contribution in [0.1, 0.15) is 25.7 Å². The van der Waals surface area contributed by atoms with Crippen LogP contribution >= 0.6 is 0 Å². The van der Waals surface area contributed by atoms with Gasteiger partial charge in [0, 0.05) is 6.08 Å². The fraction of sp³-hybridized carbons (Fsp3) is 0.625. The maximum Gasteiger partial charge on any atom is 0.257 e. The largest absolute Gasteiger partial charge is 0.291 e. The lowest BCUT2D eigenvalue weighted by Gasteiger charge is -1.98. The van der Waals surface area contributed by atoms with E-state index in [2.05, 4.69) is 5.43 Å². The topological polar surface area (TPSA) is 55.1 Å². The van der Waals surface area contributed by atoms with Crippen LogP contribution in [-0.4, -0.2) is 5.91 Å². The van der Waals surface area contributed by atoms with Crippen LogP contribution in [0.25, 0.3) is 0 Å². The molecule has 0 atom stereocenters. The van der Waals surface area contributed by atoms with E-state index < -0.39 is 0 Å². The van der Waals surface area contributed by atoms with E-state index in [1.807, 2.05) is 6.08 Å². The molecule has 3 nitrogen and oxygen atoms in total. The number of allylic oxidation sites excluding steroid dienone is 1. The molecule has 1 fully saturated rings. The second-order valence-corrected chi connectivity index (χ2v) is 2.91. The van der Waals surface area contributed by atoms with Crippen molar-refractivity contribution in [3.63, 3.8) is 0 Å². The third kappa shape index (κ3) is 2.72. The Bertz CT molecular complexity index is 159. The van der Waals surface area contributed by atoms with Gasteiger partial charge in [-0.1, -0.05) is 18.9 Å². The summed E-state index contributed by atoms with van der Waals surface area (Å²) >= 11 is 0. The Morgan fingerprint density at radius 2 is 2.09 bits per heavy atom. The van der Waals surface area contributed by atoms with Gasteiger partial charge in [-0.2, -0.15) is 0 Å². The van der Waals surface area contributed by atoms with Crippen molar-refractivity contribution >= 4 is 5.91 Å². The Morgan fingerprint density at radius 3 is 2.64 bits per heavy atom. The number of hydrazine groups is 1. The highest BCUT2D eigenvalue weighted by Gasteiger charge is 2.11. The van der Waals surface area contributed by atoms with E-state index in [-0.39, 0.29) is 5.91 Å². The van der Waals surface area contributed by atoms with Gasteiger partial charge in [0.15, 0.2) is 0 Å². The number of hydrogen-bond acceptors (Lipinski definition) is 2. The summed E-state index contributed by atoms with van der Waals surface area (Å²) in [6.45, 7) is 0. The highest BCUT2D eigenvalue weighted by molar-refractivity contribution is 5.86. The van der Waals surface area contributed by atoms with Gasteiger partial charge in [-0.05, 0) is 18.8 Å². The highest BCUT2D eigenvalue weighted by Crippen LogP contribution is 2.25. The minimum absolute atomic E-state index is 0.211. The molecule has 0 spiro atoms. The van der Waals surface area contributed by atoms with Crippen LogP contribution in [-0.2, 0) is 4.79 Å². The van der Waals surface area contributed by atoms with Crippen LogP contribution in [0.15, 0.2) is 12.2 Å². The van der Waals surface area contributed by atoms with Gasteiger partial charge in [-0.3, -0.25) is 10.2 Å². The maximum atomic E-state index is 10.6. The van der Waals surface area contributed by atoms with Gasteiger partial charge in [0.05, 0.1) is 0 Å². The lowest BCUT2D eigenvalue weighted by molar-refractivity contribution is -0.116. The average Bonchev–Trinajstić information content (AvgIpc) is 2.52. The summed E-state index contributed by atoms with van der Waals surface area (Å²) < 4.78 is 0. The van der Waals surface area contributed by atoms with Gasteiger partial charge >= 0.3 is 0 Å². The van der Waals surface area contributed by atoms with Crippen molar-refractivity contribution in [2.75, 3.05) is 0 Å². The van der Waals surface area contributed by atoms with E-state index in [0.29, 0.717) is 5.92 Å². The average molecular weight is 154 g/mol. The maximum absolute atomic E-state index is 10.6. The zero-order valence-corrected chi connectivity index (χ0v) is 6.55. The summed E-state index contributed by atoms with van der Waals surface area (Å²) in [6, 6.07) is 0. The van der Waals surface area contributed by atoms with Crippen LogP contribution < -0.4 is 11.3 Å². The first kappa shape index (κ1) is 8.27. The number of nitrogens with one attached hydrogen (secondary N) is 1. The fourth-order valence-electron chi connectivity index (χ4n) is 1.42. The number of amides is 1. The van der Waals surface area contributed by atoms with Crippen molar-refractivity contribution in [1.82, 2.24) is 5.43 Å². The molecule has 1 aliphatic carbocycles. The molecule has 0 radical (unpaired) electrons. The predicted molar refractivity (Wildman–Crippen MR) is 43.4 cm³/mol. The zero-order chi connectivity index (χ0) is 8.10. The lowest BCUT2D eigenvalue weighted by atomic mass is 10.1. The monoisotopic (exact) mass is 154 g/mol. The van der Waals surface area contributed by atoms with E-state index >= 15 is 0 Å². The molecule has 1 aliphatic rings. The summed E-state index contributed by atoms with van der Waals surface area (Å²) in [5.41, 5.74) is 2.06. The van der Waals surface area contributed by atoms with E-state index in [0.717, 1.165) is 0 Å². The lowest BCUT2D eigenvalue weighted by Crippen LogP contribution is -2.28.